The molecular weight excluding hydrogens is 476 g/mol. The highest BCUT2D eigenvalue weighted by atomic mass is 79.9. The Balaban J connectivity index is 1.57. The fourth-order valence-corrected chi connectivity index (χ4v) is 4.28. The molecule has 164 valence electrons. The van der Waals surface area contributed by atoms with Crippen molar-refractivity contribution in [2.24, 2.45) is 5.10 Å². The molecule has 8 nitrogen and oxygen atoms in total. The van der Waals surface area contributed by atoms with Gasteiger partial charge in [0, 0.05) is 34.2 Å². The first-order valence-electron chi connectivity index (χ1n) is 10.1. The summed E-state index contributed by atoms with van der Waals surface area (Å²) in [5.41, 5.74) is 7.75. The predicted octanol–water partition coefficient (Wildman–Crippen LogP) is 5.97. The van der Waals surface area contributed by atoms with E-state index in [0.717, 1.165) is 51.9 Å². The highest BCUT2D eigenvalue weighted by Gasteiger charge is 2.28. The van der Waals surface area contributed by atoms with Gasteiger partial charge in [0.1, 0.15) is 5.76 Å². The number of hydrogen-bond donors (Lipinski definition) is 2. The Morgan fingerprint density at radius 2 is 1.91 bits per heavy atom. The minimum absolute atomic E-state index is 0.0182. The maximum Gasteiger partial charge on any atom is 0.291 e. The Hall–Kier alpha value is -3.46. The summed E-state index contributed by atoms with van der Waals surface area (Å²) < 4.78 is 6.75. The molecule has 0 aliphatic heterocycles. The van der Waals surface area contributed by atoms with E-state index in [0.29, 0.717) is 11.4 Å². The molecule has 1 heterocycles. The zero-order valence-electron chi connectivity index (χ0n) is 17.6. The molecule has 0 atom stereocenters. The first-order valence-corrected chi connectivity index (χ1v) is 10.9. The van der Waals surface area contributed by atoms with Crippen LogP contribution in [0.2, 0.25) is 0 Å². The number of anilines is 2. The van der Waals surface area contributed by atoms with Crippen molar-refractivity contribution in [2.75, 3.05) is 10.7 Å². The van der Waals surface area contributed by atoms with Crippen LogP contribution in [0.1, 0.15) is 45.8 Å². The van der Waals surface area contributed by atoms with Crippen LogP contribution >= 0.6 is 15.9 Å². The Morgan fingerprint density at radius 1 is 1.16 bits per heavy atom. The Bertz CT molecular complexity index is 1230. The van der Waals surface area contributed by atoms with Crippen molar-refractivity contribution in [1.82, 2.24) is 0 Å². The van der Waals surface area contributed by atoms with Crippen LogP contribution in [0.25, 0.3) is 0 Å². The molecule has 4 rings (SSSR count). The summed E-state index contributed by atoms with van der Waals surface area (Å²) in [6.45, 7) is 3.83. The first-order chi connectivity index (χ1) is 15.3. The number of rotatable bonds is 5. The third-order valence-electron chi connectivity index (χ3n) is 5.30. The number of carbonyl (C=O) groups is 1. The summed E-state index contributed by atoms with van der Waals surface area (Å²) in [6, 6.07) is 11.8. The minimum atomic E-state index is -0.445. The van der Waals surface area contributed by atoms with Crippen molar-refractivity contribution < 1.29 is 14.1 Å². The molecule has 32 heavy (non-hydrogen) atoms. The smallest absolute Gasteiger partial charge is 0.291 e. The van der Waals surface area contributed by atoms with Gasteiger partial charge in [-0.1, -0.05) is 6.07 Å². The zero-order valence-corrected chi connectivity index (χ0v) is 19.2. The number of nitrogens with zero attached hydrogens (tertiary/aromatic N) is 2. The molecule has 1 aromatic heterocycles. The number of halogens is 1. The van der Waals surface area contributed by atoms with Crippen molar-refractivity contribution in [1.29, 1.82) is 0 Å². The highest BCUT2D eigenvalue weighted by molar-refractivity contribution is 9.10. The van der Waals surface area contributed by atoms with E-state index in [1.165, 1.54) is 12.1 Å². The SMILES string of the molecule is Cc1ccc(NC(=O)c2oc3c(c2C)/C(=N/Nc2ccc([N+](=O)[O-])cc2)CCC3)c(Br)c1. The number of benzene rings is 2. The number of carbonyl (C=O) groups excluding carboxylic acids is 1. The fourth-order valence-electron chi connectivity index (χ4n) is 3.69. The summed E-state index contributed by atoms with van der Waals surface area (Å²) in [5, 5.41) is 18.2. The van der Waals surface area contributed by atoms with Gasteiger partial charge in [-0.05, 0) is 72.4 Å². The fraction of sp³-hybridized carbons (Fsp3) is 0.217. The molecule has 3 aromatic rings. The van der Waals surface area contributed by atoms with Crippen LogP contribution in [0.15, 0.2) is 56.5 Å². The third kappa shape index (κ3) is 4.43. The van der Waals surface area contributed by atoms with Crippen LogP contribution in [0.3, 0.4) is 0 Å². The highest BCUT2D eigenvalue weighted by Crippen LogP contribution is 2.31. The van der Waals surface area contributed by atoms with Crippen molar-refractivity contribution in [3.63, 3.8) is 0 Å². The molecule has 0 unspecified atom stereocenters. The number of amides is 1. The second-order valence-electron chi connectivity index (χ2n) is 7.62. The second-order valence-corrected chi connectivity index (χ2v) is 8.47. The van der Waals surface area contributed by atoms with Gasteiger partial charge in [-0.2, -0.15) is 5.10 Å². The van der Waals surface area contributed by atoms with E-state index in [1.807, 2.05) is 32.0 Å². The minimum Gasteiger partial charge on any atom is -0.455 e. The number of fused-ring (bicyclic) bond motifs is 1. The summed E-state index contributed by atoms with van der Waals surface area (Å²) in [5.74, 6) is 0.697. The van der Waals surface area contributed by atoms with Crippen LogP contribution in [0.4, 0.5) is 17.1 Å². The van der Waals surface area contributed by atoms with Crippen LogP contribution in [0.5, 0.6) is 0 Å². The van der Waals surface area contributed by atoms with Gasteiger partial charge in [-0.3, -0.25) is 20.3 Å². The number of nitro benzene ring substituents is 1. The summed E-state index contributed by atoms with van der Waals surface area (Å²) in [7, 11) is 0. The average Bonchev–Trinajstić information content (AvgIpc) is 3.12. The molecule has 0 bridgehead atoms. The van der Waals surface area contributed by atoms with Gasteiger partial charge >= 0.3 is 0 Å². The van der Waals surface area contributed by atoms with Crippen LogP contribution < -0.4 is 10.7 Å². The van der Waals surface area contributed by atoms with Gasteiger partial charge in [0.15, 0.2) is 5.76 Å². The normalized spacial score (nSPS) is 14.2. The predicted molar refractivity (Wildman–Crippen MR) is 126 cm³/mol. The Morgan fingerprint density at radius 3 is 2.59 bits per heavy atom. The topological polar surface area (TPSA) is 110 Å². The van der Waals surface area contributed by atoms with E-state index in [4.69, 9.17) is 4.42 Å². The molecule has 0 saturated carbocycles. The Labute approximate surface area is 193 Å². The number of hydrazone groups is 1. The Kier molecular flexibility index (Phi) is 6.09. The monoisotopic (exact) mass is 496 g/mol. The molecule has 0 saturated heterocycles. The van der Waals surface area contributed by atoms with Crippen molar-refractivity contribution in [3.8, 4) is 0 Å². The maximum atomic E-state index is 12.9. The number of non-ortho nitro benzene ring substituents is 1. The molecule has 1 aliphatic rings. The zero-order chi connectivity index (χ0) is 22.8. The lowest BCUT2D eigenvalue weighted by Gasteiger charge is -2.13. The summed E-state index contributed by atoms with van der Waals surface area (Å²) >= 11 is 3.48. The first kappa shape index (κ1) is 21.8. The molecule has 0 radical (unpaired) electrons. The van der Waals surface area contributed by atoms with Crippen molar-refractivity contribution in [2.45, 2.75) is 33.1 Å². The number of nitrogens with one attached hydrogen (secondary N) is 2. The molecule has 0 spiro atoms. The molecule has 0 fully saturated rings. The van der Waals surface area contributed by atoms with Crippen molar-refractivity contribution in [3.05, 3.63) is 85.3 Å². The van der Waals surface area contributed by atoms with Crippen LogP contribution in [-0.2, 0) is 6.42 Å². The van der Waals surface area contributed by atoms with Gasteiger partial charge in [-0.15, -0.1) is 0 Å². The number of nitro groups is 1. The second kappa shape index (κ2) is 8.96. The lowest BCUT2D eigenvalue weighted by molar-refractivity contribution is -0.384. The van der Waals surface area contributed by atoms with Gasteiger partial charge in [-0.25, -0.2) is 0 Å². The summed E-state index contributed by atoms with van der Waals surface area (Å²) in [6.07, 6.45) is 2.32. The lowest BCUT2D eigenvalue weighted by Crippen LogP contribution is -2.14. The molecule has 2 N–H and O–H groups in total. The lowest BCUT2D eigenvalue weighted by atomic mass is 9.93. The summed E-state index contributed by atoms with van der Waals surface area (Å²) in [4.78, 5) is 23.3. The number of aryl methyl sites for hydroxylation is 2. The number of furan rings is 1. The van der Waals surface area contributed by atoms with E-state index in [-0.39, 0.29) is 17.4 Å². The third-order valence-corrected chi connectivity index (χ3v) is 5.96. The molecule has 9 heteroatoms. The standard InChI is InChI=1S/C23H21BrN4O4/c1-13-6-11-18(17(24)12-13)25-23(29)22-14(2)21-19(4-3-5-20(21)32-22)27-26-15-7-9-16(10-8-15)28(30)31/h6-12,26H,3-5H2,1-2H3,(H,25,29)/b27-19+. The quantitative estimate of drug-likeness (QED) is 0.333. The van der Waals surface area contributed by atoms with Gasteiger partial charge < -0.3 is 9.73 Å². The number of hydrogen-bond acceptors (Lipinski definition) is 6. The van der Waals surface area contributed by atoms with E-state index < -0.39 is 4.92 Å². The van der Waals surface area contributed by atoms with E-state index in [9.17, 15) is 14.9 Å². The molecule has 1 aliphatic carbocycles. The van der Waals surface area contributed by atoms with Gasteiger partial charge in [0.05, 0.1) is 22.0 Å². The largest absolute Gasteiger partial charge is 0.455 e. The molecular formula is C23H21BrN4O4. The van der Waals surface area contributed by atoms with Crippen LogP contribution in [-0.4, -0.2) is 16.5 Å². The van der Waals surface area contributed by atoms with Crippen molar-refractivity contribution >= 4 is 44.6 Å². The molecule has 2 aromatic carbocycles. The molecule has 1 amide bonds. The average molecular weight is 497 g/mol. The van der Waals surface area contributed by atoms with Gasteiger partial charge in [0.25, 0.3) is 11.6 Å². The van der Waals surface area contributed by atoms with E-state index >= 15 is 0 Å². The van der Waals surface area contributed by atoms with Crippen LogP contribution in [0, 0.1) is 24.0 Å². The van der Waals surface area contributed by atoms with E-state index in [2.05, 4.69) is 31.8 Å². The van der Waals surface area contributed by atoms with Gasteiger partial charge in [0.2, 0.25) is 0 Å². The maximum absolute atomic E-state index is 12.9. The van der Waals surface area contributed by atoms with E-state index in [1.54, 1.807) is 12.1 Å².